The Morgan fingerprint density at radius 2 is 2.05 bits per heavy atom. The molecule has 0 amide bonds. The van der Waals surface area contributed by atoms with Gasteiger partial charge in [0, 0.05) is 30.2 Å². The summed E-state index contributed by atoms with van der Waals surface area (Å²) >= 11 is 0. The van der Waals surface area contributed by atoms with Crippen molar-refractivity contribution in [3.63, 3.8) is 0 Å². The number of fused-ring (bicyclic) bond motifs is 1. The van der Waals surface area contributed by atoms with Crippen LogP contribution in [0.2, 0.25) is 0 Å². The number of hydrogen-bond donors (Lipinski definition) is 1. The van der Waals surface area contributed by atoms with E-state index in [2.05, 4.69) is 9.88 Å². The van der Waals surface area contributed by atoms with Crippen molar-refractivity contribution in [3.05, 3.63) is 54.2 Å². The summed E-state index contributed by atoms with van der Waals surface area (Å²) in [5, 5.41) is 2.08. The summed E-state index contributed by atoms with van der Waals surface area (Å²) in [4.78, 5) is 6.21. The number of pyridine rings is 1. The van der Waals surface area contributed by atoms with Crippen molar-refractivity contribution in [2.45, 2.75) is 13.5 Å². The Morgan fingerprint density at radius 3 is 2.80 bits per heavy atom. The van der Waals surface area contributed by atoms with E-state index in [4.69, 9.17) is 10.2 Å². The van der Waals surface area contributed by atoms with Crippen LogP contribution in [0.4, 0.5) is 11.4 Å². The average molecular weight is 267 g/mol. The Balaban J connectivity index is 1.95. The first-order chi connectivity index (χ1) is 9.65. The maximum Gasteiger partial charge on any atom is 0.123 e. The summed E-state index contributed by atoms with van der Waals surface area (Å²) in [7, 11) is 2.01. The fourth-order valence-electron chi connectivity index (χ4n) is 2.40. The Morgan fingerprint density at radius 1 is 1.20 bits per heavy atom. The third kappa shape index (κ3) is 2.20. The predicted octanol–water partition coefficient (Wildman–Crippen LogP) is 3.35. The highest BCUT2D eigenvalue weighted by atomic mass is 16.3. The highest BCUT2D eigenvalue weighted by molar-refractivity contribution is 5.98. The van der Waals surface area contributed by atoms with Crippen molar-refractivity contribution >= 4 is 22.1 Å². The molecule has 4 heteroatoms. The molecule has 0 atom stereocenters. The second kappa shape index (κ2) is 4.89. The van der Waals surface area contributed by atoms with Crippen molar-refractivity contribution in [2.24, 2.45) is 0 Å². The molecule has 0 fully saturated rings. The molecule has 1 aromatic carbocycles. The van der Waals surface area contributed by atoms with Crippen LogP contribution in [0.5, 0.6) is 0 Å². The van der Waals surface area contributed by atoms with Gasteiger partial charge in [-0.1, -0.05) is 6.07 Å². The first-order valence-corrected chi connectivity index (χ1v) is 6.54. The van der Waals surface area contributed by atoms with Gasteiger partial charge in [-0.05, 0) is 31.2 Å². The van der Waals surface area contributed by atoms with Crippen molar-refractivity contribution in [3.8, 4) is 0 Å². The number of anilines is 2. The van der Waals surface area contributed by atoms with Crippen LogP contribution in [0.25, 0.3) is 10.8 Å². The van der Waals surface area contributed by atoms with E-state index in [0.29, 0.717) is 6.54 Å². The summed E-state index contributed by atoms with van der Waals surface area (Å²) < 4.78 is 5.61. The number of rotatable bonds is 3. The van der Waals surface area contributed by atoms with E-state index >= 15 is 0 Å². The second-order valence-electron chi connectivity index (χ2n) is 4.96. The van der Waals surface area contributed by atoms with Crippen molar-refractivity contribution < 1.29 is 4.42 Å². The minimum atomic E-state index is 0.689. The van der Waals surface area contributed by atoms with Crippen LogP contribution in [0.1, 0.15) is 11.5 Å². The van der Waals surface area contributed by atoms with Gasteiger partial charge < -0.3 is 15.1 Å². The van der Waals surface area contributed by atoms with Crippen LogP contribution in [-0.4, -0.2) is 12.0 Å². The SMILES string of the molecule is Cc1ccc(CN(C)c2ccc3cnccc3c2N)o1. The molecule has 2 aromatic heterocycles. The number of nitrogens with zero attached hydrogens (tertiary/aromatic N) is 2. The molecule has 0 unspecified atom stereocenters. The lowest BCUT2D eigenvalue weighted by Crippen LogP contribution is -2.17. The van der Waals surface area contributed by atoms with Crippen LogP contribution >= 0.6 is 0 Å². The summed E-state index contributed by atoms with van der Waals surface area (Å²) in [5.74, 6) is 1.85. The van der Waals surface area contributed by atoms with Crippen molar-refractivity contribution in [1.82, 2.24) is 4.98 Å². The standard InChI is InChI=1S/C16H17N3O/c1-11-3-5-13(20-11)10-19(2)15-6-4-12-9-18-8-7-14(12)16(15)17/h3-9H,10,17H2,1-2H3. The zero-order chi connectivity index (χ0) is 14.1. The Hall–Kier alpha value is -2.49. The van der Waals surface area contributed by atoms with Gasteiger partial charge in [0.1, 0.15) is 11.5 Å². The van der Waals surface area contributed by atoms with Gasteiger partial charge >= 0.3 is 0 Å². The summed E-state index contributed by atoms with van der Waals surface area (Å²) in [6, 6.07) is 9.97. The van der Waals surface area contributed by atoms with Gasteiger partial charge in [-0.3, -0.25) is 4.98 Å². The quantitative estimate of drug-likeness (QED) is 0.739. The molecule has 0 saturated heterocycles. The summed E-state index contributed by atoms with van der Waals surface area (Å²) in [6.07, 6.45) is 3.59. The lowest BCUT2D eigenvalue weighted by molar-refractivity contribution is 0.482. The predicted molar refractivity (Wildman–Crippen MR) is 81.7 cm³/mol. The molecule has 3 rings (SSSR count). The highest BCUT2D eigenvalue weighted by Crippen LogP contribution is 2.31. The van der Waals surface area contributed by atoms with Crippen LogP contribution in [0.15, 0.2) is 47.1 Å². The molecule has 0 saturated carbocycles. The zero-order valence-electron chi connectivity index (χ0n) is 11.6. The first-order valence-electron chi connectivity index (χ1n) is 6.54. The minimum absolute atomic E-state index is 0.689. The van der Waals surface area contributed by atoms with E-state index in [-0.39, 0.29) is 0 Å². The van der Waals surface area contributed by atoms with Crippen LogP contribution in [0, 0.1) is 6.92 Å². The van der Waals surface area contributed by atoms with Gasteiger partial charge in [0.2, 0.25) is 0 Å². The van der Waals surface area contributed by atoms with Gasteiger partial charge in [0.25, 0.3) is 0 Å². The van der Waals surface area contributed by atoms with Crippen LogP contribution in [-0.2, 0) is 6.54 Å². The third-order valence-corrected chi connectivity index (χ3v) is 3.44. The first kappa shape index (κ1) is 12.5. The molecule has 0 aliphatic rings. The number of nitrogens with two attached hydrogens (primary N) is 1. The zero-order valence-corrected chi connectivity index (χ0v) is 11.6. The fourth-order valence-corrected chi connectivity index (χ4v) is 2.40. The average Bonchev–Trinajstić information content (AvgIpc) is 2.84. The van der Waals surface area contributed by atoms with Crippen LogP contribution < -0.4 is 10.6 Å². The van der Waals surface area contributed by atoms with E-state index in [0.717, 1.165) is 33.7 Å². The van der Waals surface area contributed by atoms with E-state index in [1.54, 1.807) is 6.20 Å². The number of furan rings is 1. The molecule has 0 aliphatic carbocycles. The molecule has 0 bridgehead atoms. The molecule has 2 N–H and O–H groups in total. The number of aromatic nitrogens is 1. The molecular weight excluding hydrogens is 250 g/mol. The van der Waals surface area contributed by atoms with Gasteiger partial charge in [-0.25, -0.2) is 0 Å². The van der Waals surface area contributed by atoms with E-state index < -0.39 is 0 Å². The maximum absolute atomic E-state index is 6.28. The van der Waals surface area contributed by atoms with E-state index in [1.165, 1.54) is 0 Å². The Kier molecular flexibility index (Phi) is 3.06. The van der Waals surface area contributed by atoms with Crippen LogP contribution in [0.3, 0.4) is 0 Å². The Labute approximate surface area is 117 Å². The Bertz CT molecular complexity index is 748. The highest BCUT2D eigenvalue weighted by Gasteiger charge is 2.10. The normalized spacial score (nSPS) is 10.9. The summed E-state index contributed by atoms with van der Waals surface area (Å²) in [6.45, 7) is 2.63. The number of hydrogen-bond acceptors (Lipinski definition) is 4. The molecule has 0 aliphatic heterocycles. The maximum atomic E-state index is 6.28. The van der Waals surface area contributed by atoms with E-state index in [1.807, 2.05) is 50.5 Å². The molecule has 3 aromatic rings. The summed E-state index contributed by atoms with van der Waals surface area (Å²) in [5.41, 5.74) is 8.05. The number of nitrogen functional groups attached to an aromatic ring is 1. The van der Waals surface area contributed by atoms with Gasteiger partial charge in [0.05, 0.1) is 17.9 Å². The molecule has 4 nitrogen and oxygen atoms in total. The molecule has 0 spiro atoms. The topological polar surface area (TPSA) is 55.3 Å². The molecule has 102 valence electrons. The lowest BCUT2D eigenvalue weighted by Gasteiger charge is -2.21. The van der Waals surface area contributed by atoms with Gasteiger partial charge in [0.15, 0.2) is 0 Å². The van der Waals surface area contributed by atoms with Crippen molar-refractivity contribution in [1.29, 1.82) is 0 Å². The molecule has 0 radical (unpaired) electrons. The number of benzene rings is 1. The molecule has 2 heterocycles. The number of aryl methyl sites for hydroxylation is 1. The minimum Gasteiger partial charge on any atom is -0.464 e. The largest absolute Gasteiger partial charge is 0.464 e. The lowest BCUT2D eigenvalue weighted by atomic mass is 10.1. The van der Waals surface area contributed by atoms with Gasteiger partial charge in [-0.15, -0.1) is 0 Å². The van der Waals surface area contributed by atoms with E-state index in [9.17, 15) is 0 Å². The molecule has 20 heavy (non-hydrogen) atoms. The third-order valence-electron chi connectivity index (χ3n) is 3.44. The molecular formula is C16H17N3O. The van der Waals surface area contributed by atoms with Crippen molar-refractivity contribution in [2.75, 3.05) is 17.7 Å². The van der Waals surface area contributed by atoms with Gasteiger partial charge in [-0.2, -0.15) is 0 Å². The second-order valence-corrected chi connectivity index (χ2v) is 4.96. The monoisotopic (exact) mass is 267 g/mol. The smallest absolute Gasteiger partial charge is 0.123 e. The fraction of sp³-hybridized carbons (Fsp3) is 0.188.